The van der Waals surface area contributed by atoms with Crippen molar-refractivity contribution < 1.29 is 18.9 Å². The van der Waals surface area contributed by atoms with Gasteiger partial charge in [0.05, 0.1) is 11.4 Å². The van der Waals surface area contributed by atoms with Crippen molar-refractivity contribution >= 4 is 40.7 Å². The van der Waals surface area contributed by atoms with Gasteiger partial charge in [-0.15, -0.1) is 0 Å². The minimum atomic E-state index is -0.771. The Bertz CT molecular complexity index is 1330. The van der Waals surface area contributed by atoms with Gasteiger partial charge in [-0.3, -0.25) is 24.3 Å². The van der Waals surface area contributed by atoms with E-state index in [9.17, 15) is 14.0 Å². The maximum atomic E-state index is 13.6. The van der Waals surface area contributed by atoms with Crippen LogP contribution in [0.5, 0.6) is 0 Å². The maximum absolute atomic E-state index is 13.6. The molecule has 2 aliphatic rings. The van der Waals surface area contributed by atoms with E-state index in [-0.39, 0.29) is 23.3 Å². The van der Waals surface area contributed by atoms with Gasteiger partial charge in [-0.1, -0.05) is 61.0 Å². The Labute approximate surface area is 220 Å². The molecule has 3 aromatic carbocycles. The summed E-state index contributed by atoms with van der Waals surface area (Å²) in [6.45, 7) is 3.92. The van der Waals surface area contributed by atoms with E-state index in [2.05, 4.69) is 41.5 Å². The molecule has 7 nitrogen and oxygen atoms in total. The van der Waals surface area contributed by atoms with Crippen LogP contribution in [0.4, 0.5) is 15.8 Å². The number of carbonyl (C=O) groups is 2. The van der Waals surface area contributed by atoms with Gasteiger partial charge in [0.2, 0.25) is 11.9 Å². The number of hydrogen-bond acceptors (Lipinski definition) is 4. The summed E-state index contributed by atoms with van der Waals surface area (Å²) in [6, 6.07) is 21.6. The SMILES string of the molecule is CCc1ccc(N2C[NH+](Cc3ccccc3)CN3C2=NC(=O)C[C@H]3C(=O)Nc2ccc(F)c(Cl)c2)cc1. The molecule has 37 heavy (non-hydrogen) atoms. The predicted octanol–water partition coefficient (Wildman–Crippen LogP) is 3.46. The highest BCUT2D eigenvalue weighted by molar-refractivity contribution is 6.31. The summed E-state index contributed by atoms with van der Waals surface area (Å²) in [5.74, 6) is -0.826. The van der Waals surface area contributed by atoms with Crippen LogP contribution in [0.3, 0.4) is 0 Å². The molecule has 0 radical (unpaired) electrons. The van der Waals surface area contributed by atoms with E-state index < -0.39 is 11.9 Å². The number of rotatable bonds is 6. The van der Waals surface area contributed by atoms with Crippen LogP contribution in [0.15, 0.2) is 77.8 Å². The number of aliphatic imine (C=N–C) groups is 1. The van der Waals surface area contributed by atoms with Crippen LogP contribution in [0.2, 0.25) is 5.02 Å². The molecule has 1 fully saturated rings. The van der Waals surface area contributed by atoms with Gasteiger partial charge in [-0.2, -0.15) is 4.99 Å². The van der Waals surface area contributed by atoms with E-state index in [0.717, 1.165) is 18.7 Å². The normalized spacial score (nSPS) is 19.3. The lowest BCUT2D eigenvalue weighted by molar-refractivity contribution is -0.924. The second-order valence-electron chi connectivity index (χ2n) is 9.29. The summed E-state index contributed by atoms with van der Waals surface area (Å²) in [6.07, 6.45) is 0.873. The van der Waals surface area contributed by atoms with Crippen molar-refractivity contribution in [1.29, 1.82) is 0 Å². The number of fused-ring (bicyclic) bond motifs is 1. The minimum Gasteiger partial charge on any atom is -0.324 e. The molecule has 9 heteroatoms. The number of halogens is 2. The van der Waals surface area contributed by atoms with Crippen molar-refractivity contribution in [2.75, 3.05) is 23.6 Å². The van der Waals surface area contributed by atoms with Crippen molar-refractivity contribution in [3.05, 3.63) is 94.8 Å². The zero-order chi connectivity index (χ0) is 25.9. The standard InChI is InChI=1S/C28H27ClFN5O2/c1-2-19-8-11-22(12-9-19)34-17-33(16-20-6-4-3-5-7-20)18-35-25(15-26(36)32-28(34)35)27(37)31-21-10-13-24(30)23(29)14-21/h3-14,25H,2,15-18H2,1H3,(H,31,37)/p+1/t25-/m0/s1. The van der Waals surface area contributed by atoms with Crippen molar-refractivity contribution in [2.45, 2.75) is 32.4 Å². The largest absolute Gasteiger partial charge is 0.324 e. The van der Waals surface area contributed by atoms with Crippen molar-refractivity contribution in [3.8, 4) is 0 Å². The number of aryl methyl sites for hydroxylation is 1. The van der Waals surface area contributed by atoms with E-state index in [1.165, 1.54) is 34.2 Å². The maximum Gasteiger partial charge on any atom is 0.251 e. The van der Waals surface area contributed by atoms with Crippen LogP contribution < -0.4 is 15.1 Å². The third-order valence-corrected chi connectivity index (χ3v) is 6.98. The number of nitrogens with zero attached hydrogens (tertiary/aromatic N) is 3. The summed E-state index contributed by atoms with van der Waals surface area (Å²) in [5.41, 5.74) is 3.66. The van der Waals surface area contributed by atoms with Crippen LogP contribution in [-0.2, 0) is 22.6 Å². The van der Waals surface area contributed by atoms with E-state index in [0.29, 0.717) is 25.0 Å². The summed E-state index contributed by atoms with van der Waals surface area (Å²) in [5, 5.41) is 2.72. The molecule has 2 amide bonds. The van der Waals surface area contributed by atoms with E-state index >= 15 is 0 Å². The molecule has 0 saturated carbocycles. The third-order valence-electron chi connectivity index (χ3n) is 6.69. The fourth-order valence-corrected chi connectivity index (χ4v) is 4.95. The van der Waals surface area contributed by atoms with Crippen molar-refractivity contribution in [3.63, 3.8) is 0 Å². The molecule has 0 aromatic heterocycles. The molecule has 3 aromatic rings. The Morgan fingerprint density at radius 3 is 2.54 bits per heavy atom. The number of nitrogens with one attached hydrogen (secondary N) is 2. The number of hydrogen-bond donors (Lipinski definition) is 2. The molecule has 5 rings (SSSR count). The fraction of sp³-hybridized carbons (Fsp3) is 0.250. The Hall–Kier alpha value is -3.75. The second kappa shape index (κ2) is 10.7. The van der Waals surface area contributed by atoms with Gasteiger partial charge in [0.15, 0.2) is 13.3 Å². The highest BCUT2D eigenvalue weighted by Crippen LogP contribution is 2.25. The monoisotopic (exact) mass is 520 g/mol. The number of amides is 2. The fourth-order valence-electron chi connectivity index (χ4n) is 4.77. The third kappa shape index (κ3) is 5.50. The molecular formula is C28H28ClFN5O2+. The quantitative estimate of drug-likeness (QED) is 0.522. The molecule has 190 valence electrons. The lowest BCUT2D eigenvalue weighted by Crippen LogP contribution is -3.16. The molecular weight excluding hydrogens is 493 g/mol. The number of guanidine groups is 1. The molecule has 2 atom stereocenters. The first-order chi connectivity index (χ1) is 17.9. The first-order valence-electron chi connectivity index (χ1n) is 12.3. The van der Waals surface area contributed by atoms with Crippen molar-refractivity contribution in [1.82, 2.24) is 4.90 Å². The smallest absolute Gasteiger partial charge is 0.251 e. The molecule has 1 saturated heterocycles. The molecule has 2 heterocycles. The van der Waals surface area contributed by atoms with E-state index in [4.69, 9.17) is 11.6 Å². The average Bonchev–Trinajstić information content (AvgIpc) is 2.91. The molecule has 0 aliphatic carbocycles. The van der Waals surface area contributed by atoms with E-state index in [1.54, 1.807) is 0 Å². The Morgan fingerprint density at radius 2 is 1.84 bits per heavy atom. The predicted molar refractivity (Wildman–Crippen MR) is 142 cm³/mol. The van der Waals surface area contributed by atoms with Gasteiger partial charge in [-0.25, -0.2) is 4.39 Å². The zero-order valence-corrected chi connectivity index (χ0v) is 21.2. The van der Waals surface area contributed by atoms with Gasteiger partial charge < -0.3 is 5.32 Å². The van der Waals surface area contributed by atoms with Crippen LogP contribution in [0.1, 0.15) is 24.5 Å². The van der Waals surface area contributed by atoms with Gasteiger partial charge in [-0.05, 0) is 42.3 Å². The minimum absolute atomic E-state index is 0.0501. The Kier molecular flexibility index (Phi) is 7.21. The molecule has 1 unspecified atom stereocenters. The average molecular weight is 521 g/mol. The first kappa shape index (κ1) is 24.9. The second-order valence-corrected chi connectivity index (χ2v) is 9.70. The topological polar surface area (TPSA) is 69.5 Å². The highest BCUT2D eigenvalue weighted by atomic mass is 35.5. The molecule has 2 aliphatic heterocycles. The van der Waals surface area contributed by atoms with Gasteiger partial charge in [0.1, 0.15) is 18.4 Å². The number of carbonyl (C=O) groups excluding carboxylic acids is 2. The Balaban J connectivity index is 1.46. The lowest BCUT2D eigenvalue weighted by atomic mass is 10.1. The van der Waals surface area contributed by atoms with Crippen LogP contribution in [-0.4, -0.2) is 42.1 Å². The summed E-state index contributed by atoms with van der Waals surface area (Å²) in [4.78, 5) is 35.6. The summed E-state index contributed by atoms with van der Waals surface area (Å²) in [7, 11) is 0. The summed E-state index contributed by atoms with van der Waals surface area (Å²) < 4.78 is 13.6. The lowest BCUT2D eigenvalue weighted by Gasteiger charge is -2.46. The highest BCUT2D eigenvalue weighted by Gasteiger charge is 2.43. The van der Waals surface area contributed by atoms with Crippen LogP contribution in [0, 0.1) is 5.82 Å². The van der Waals surface area contributed by atoms with Crippen molar-refractivity contribution in [2.24, 2.45) is 4.99 Å². The number of benzene rings is 3. The summed E-state index contributed by atoms with van der Waals surface area (Å²) >= 11 is 5.90. The molecule has 0 bridgehead atoms. The van der Waals surface area contributed by atoms with Crippen LogP contribution in [0.25, 0.3) is 0 Å². The van der Waals surface area contributed by atoms with Gasteiger partial charge in [0, 0.05) is 16.9 Å². The Morgan fingerprint density at radius 1 is 1.08 bits per heavy atom. The number of anilines is 2. The molecule has 0 spiro atoms. The zero-order valence-electron chi connectivity index (χ0n) is 20.5. The van der Waals surface area contributed by atoms with Crippen LogP contribution >= 0.6 is 11.6 Å². The molecule has 2 N–H and O–H groups in total. The van der Waals surface area contributed by atoms with Gasteiger partial charge in [0.25, 0.3) is 5.91 Å². The van der Waals surface area contributed by atoms with Gasteiger partial charge >= 0.3 is 0 Å². The van der Waals surface area contributed by atoms with E-state index in [1.807, 2.05) is 40.1 Å². The number of quaternary nitrogens is 1. The first-order valence-corrected chi connectivity index (χ1v) is 12.7.